The number of benzene rings is 1. The van der Waals surface area contributed by atoms with Crippen molar-refractivity contribution in [1.82, 2.24) is 15.1 Å². The normalized spacial score (nSPS) is 18.0. The van der Waals surface area contributed by atoms with Gasteiger partial charge in [0.2, 0.25) is 5.91 Å². The molecule has 0 radical (unpaired) electrons. The molecule has 2 rings (SSSR count). The Morgan fingerprint density at radius 1 is 1.19 bits per heavy atom. The molecule has 0 spiro atoms. The number of hydrogen-bond donors (Lipinski definition) is 1. The molecule has 0 aromatic heterocycles. The second-order valence-electron chi connectivity index (χ2n) is 7.18. The average Bonchev–Trinajstić information content (AvgIpc) is 3.02. The van der Waals surface area contributed by atoms with Crippen molar-refractivity contribution >= 4 is 11.9 Å². The van der Waals surface area contributed by atoms with E-state index in [1.165, 1.54) is 0 Å². The molecule has 1 aromatic rings. The maximum absolute atomic E-state index is 12.6. The Hall–Kier alpha value is -2.04. The molecule has 0 aliphatic carbocycles. The fourth-order valence-corrected chi connectivity index (χ4v) is 3.39. The second kappa shape index (κ2) is 10.2. The third-order valence-corrected chi connectivity index (χ3v) is 5.09. The van der Waals surface area contributed by atoms with Gasteiger partial charge in [-0.25, -0.2) is 4.79 Å². The van der Waals surface area contributed by atoms with Gasteiger partial charge in [0.25, 0.3) is 0 Å². The summed E-state index contributed by atoms with van der Waals surface area (Å²) in [5.74, 6) is 0.111. The summed E-state index contributed by atoms with van der Waals surface area (Å²) in [5, 5.41) is 3.09. The van der Waals surface area contributed by atoms with Gasteiger partial charge in [-0.15, -0.1) is 0 Å². The Kier molecular flexibility index (Phi) is 7.95. The first kappa shape index (κ1) is 20.3. The number of carbonyl (C=O) groups is 2. The van der Waals surface area contributed by atoms with E-state index in [1.54, 1.807) is 0 Å². The van der Waals surface area contributed by atoms with Crippen molar-refractivity contribution in [2.75, 3.05) is 19.6 Å². The van der Waals surface area contributed by atoms with Crippen LogP contribution in [-0.2, 0) is 4.79 Å². The number of hydrogen-bond acceptors (Lipinski definition) is 2. The summed E-state index contributed by atoms with van der Waals surface area (Å²) >= 11 is 0. The fraction of sp³-hybridized carbons (Fsp3) is 0.619. The number of nitrogens with zero attached hydrogens (tertiary/aromatic N) is 2. The van der Waals surface area contributed by atoms with Gasteiger partial charge in [0.05, 0.1) is 12.1 Å². The highest BCUT2D eigenvalue weighted by atomic mass is 16.2. The molecule has 2 unspecified atom stereocenters. The third kappa shape index (κ3) is 5.48. The molecule has 3 amide bonds. The summed E-state index contributed by atoms with van der Waals surface area (Å²) in [6.45, 7) is 8.46. The number of likely N-dealkylation sites (tertiary alicyclic amines) is 1. The molecular weight excluding hydrogens is 326 g/mol. The van der Waals surface area contributed by atoms with Gasteiger partial charge in [-0.05, 0) is 25.3 Å². The summed E-state index contributed by atoms with van der Waals surface area (Å²) in [7, 11) is 0. The van der Waals surface area contributed by atoms with Gasteiger partial charge >= 0.3 is 6.03 Å². The molecule has 1 aliphatic rings. The number of urea groups is 1. The Balaban J connectivity index is 1.93. The SMILES string of the molecule is CCCCN(CCCC)C(=O)NC1CC(=O)N(C(C)c2ccccc2)C1. The molecule has 1 heterocycles. The van der Waals surface area contributed by atoms with Crippen LogP contribution in [0.15, 0.2) is 30.3 Å². The highest BCUT2D eigenvalue weighted by Crippen LogP contribution is 2.25. The summed E-state index contributed by atoms with van der Waals surface area (Å²) in [5.41, 5.74) is 1.13. The van der Waals surface area contributed by atoms with Crippen LogP contribution in [0.25, 0.3) is 0 Å². The van der Waals surface area contributed by atoms with Gasteiger partial charge in [-0.1, -0.05) is 57.0 Å². The van der Waals surface area contributed by atoms with Crippen molar-refractivity contribution < 1.29 is 9.59 Å². The molecule has 2 atom stereocenters. The average molecular weight is 360 g/mol. The molecule has 1 fully saturated rings. The molecule has 1 N–H and O–H groups in total. The molecule has 1 saturated heterocycles. The van der Waals surface area contributed by atoms with E-state index in [2.05, 4.69) is 19.2 Å². The molecule has 5 heteroatoms. The minimum Gasteiger partial charge on any atom is -0.334 e. The summed E-state index contributed by atoms with van der Waals surface area (Å²) in [6, 6.07) is 9.94. The Bertz CT molecular complexity index is 568. The molecule has 26 heavy (non-hydrogen) atoms. The van der Waals surface area contributed by atoms with Gasteiger partial charge in [-0.3, -0.25) is 4.79 Å². The van der Waals surface area contributed by atoms with Crippen LogP contribution in [0.4, 0.5) is 4.79 Å². The maximum Gasteiger partial charge on any atom is 0.317 e. The predicted molar refractivity (Wildman–Crippen MR) is 105 cm³/mol. The van der Waals surface area contributed by atoms with Crippen LogP contribution in [0.3, 0.4) is 0 Å². The highest BCUT2D eigenvalue weighted by Gasteiger charge is 2.34. The number of unbranched alkanes of at least 4 members (excludes halogenated alkanes) is 2. The molecule has 1 aromatic carbocycles. The first-order chi connectivity index (χ1) is 12.6. The van der Waals surface area contributed by atoms with Gasteiger partial charge in [0.15, 0.2) is 0 Å². The zero-order valence-corrected chi connectivity index (χ0v) is 16.4. The number of rotatable bonds is 9. The van der Waals surface area contributed by atoms with Crippen molar-refractivity contribution in [3.05, 3.63) is 35.9 Å². The third-order valence-electron chi connectivity index (χ3n) is 5.09. The molecule has 0 saturated carbocycles. The maximum atomic E-state index is 12.6. The minimum absolute atomic E-state index is 0.0288. The molecule has 144 valence electrons. The van der Waals surface area contributed by atoms with Gasteiger partial charge in [0.1, 0.15) is 0 Å². The van der Waals surface area contributed by atoms with Crippen molar-refractivity contribution in [3.8, 4) is 0 Å². The number of nitrogens with one attached hydrogen (secondary N) is 1. The van der Waals surface area contributed by atoms with Crippen LogP contribution in [0.5, 0.6) is 0 Å². The van der Waals surface area contributed by atoms with E-state index in [9.17, 15) is 9.59 Å². The van der Waals surface area contributed by atoms with E-state index >= 15 is 0 Å². The second-order valence-corrected chi connectivity index (χ2v) is 7.18. The predicted octanol–water partition coefficient (Wildman–Crippen LogP) is 3.96. The van der Waals surface area contributed by atoms with Crippen molar-refractivity contribution in [2.24, 2.45) is 0 Å². The van der Waals surface area contributed by atoms with Crippen LogP contribution >= 0.6 is 0 Å². The Morgan fingerprint density at radius 3 is 2.38 bits per heavy atom. The smallest absolute Gasteiger partial charge is 0.317 e. The summed E-state index contributed by atoms with van der Waals surface area (Å²) in [4.78, 5) is 28.9. The lowest BCUT2D eigenvalue weighted by molar-refractivity contribution is -0.129. The first-order valence-corrected chi connectivity index (χ1v) is 9.96. The lowest BCUT2D eigenvalue weighted by Crippen LogP contribution is -2.46. The van der Waals surface area contributed by atoms with E-state index in [4.69, 9.17) is 0 Å². The van der Waals surface area contributed by atoms with Crippen LogP contribution < -0.4 is 5.32 Å². The van der Waals surface area contributed by atoms with Crippen molar-refractivity contribution in [1.29, 1.82) is 0 Å². The van der Waals surface area contributed by atoms with E-state index < -0.39 is 0 Å². The fourth-order valence-electron chi connectivity index (χ4n) is 3.39. The topological polar surface area (TPSA) is 52.7 Å². The number of carbonyl (C=O) groups excluding carboxylic acids is 2. The van der Waals surface area contributed by atoms with Crippen molar-refractivity contribution in [2.45, 2.75) is 65.0 Å². The zero-order chi connectivity index (χ0) is 18.9. The van der Waals surface area contributed by atoms with Crippen LogP contribution in [0.1, 0.15) is 64.5 Å². The standard InChI is InChI=1S/C21H33N3O2/c1-4-6-13-23(14-7-5-2)21(26)22-19-15-20(25)24(16-19)17(3)18-11-9-8-10-12-18/h8-12,17,19H,4-7,13-16H2,1-3H3,(H,22,26). The van der Waals surface area contributed by atoms with Gasteiger partial charge in [0, 0.05) is 26.1 Å². The van der Waals surface area contributed by atoms with E-state index in [0.29, 0.717) is 13.0 Å². The van der Waals surface area contributed by atoms with E-state index in [1.807, 2.05) is 47.1 Å². The minimum atomic E-state index is -0.105. The Labute approximate surface area is 157 Å². The largest absolute Gasteiger partial charge is 0.334 e. The van der Waals surface area contributed by atoms with E-state index in [0.717, 1.165) is 44.3 Å². The first-order valence-electron chi connectivity index (χ1n) is 9.96. The lowest BCUT2D eigenvalue weighted by atomic mass is 10.1. The van der Waals surface area contributed by atoms with Crippen LogP contribution in [0, 0.1) is 0 Å². The van der Waals surface area contributed by atoms with Gasteiger partial charge in [-0.2, -0.15) is 0 Å². The summed E-state index contributed by atoms with van der Waals surface area (Å²) in [6.07, 6.45) is 4.55. The molecular formula is C21H33N3O2. The Morgan fingerprint density at radius 2 is 1.81 bits per heavy atom. The molecule has 1 aliphatic heterocycles. The van der Waals surface area contributed by atoms with Crippen molar-refractivity contribution in [3.63, 3.8) is 0 Å². The number of amides is 3. The summed E-state index contributed by atoms with van der Waals surface area (Å²) < 4.78 is 0. The van der Waals surface area contributed by atoms with E-state index in [-0.39, 0.29) is 24.0 Å². The molecule has 0 bridgehead atoms. The molecule has 5 nitrogen and oxygen atoms in total. The van der Waals surface area contributed by atoms with Crippen LogP contribution in [0.2, 0.25) is 0 Å². The van der Waals surface area contributed by atoms with Crippen LogP contribution in [-0.4, -0.2) is 47.4 Å². The van der Waals surface area contributed by atoms with Gasteiger partial charge < -0.3 is 15.1 Å². The highest BCUT2D eigenvalue weighted by molar-refractivity contribution is 5.82. The lowest BCUT2D eigenvalue weighted by Gasteiger charge is -2.27. The quantitative estimate of drug-likeness (QED) is 0.725. The zero-order valence-electron chi connectivity index (χ0n) is 16.4. The monoisotopic (exact) mass is 359 g/mol.